The fraction of sp³-hybridized carbons (Fsp3) is 0.429. The van der Waals surface area contributed by atoms with Crippen molar-refractivity contribution in [3.63, 3.8) is 0 Å². The molecule has 0 saturated carbocycles. The molecule has 0 bridgehead atoms. The Labute approximate surface area is 93.4 Å². The van der Waals surface area contributed by atoms with Crippen LogP contribution in [0.15, 0.2) is 36.4 Å². The van der Waals surface area contributed by atoms with Crippen molar-refractivity contribution in [2.45, 2.75) is 27.2 Å². The maximum Gasteiger partial charge on any atom is 0.0366 e. The Morgan fingerprint density at radius 1 is 1.13 bits per heavy atom. The summed E-state index contributed by atoms with van der Waals surface area (Å²) >= 11 is 0. The molecule has 0 aliphatic carbocycles. The van der Waals surface area contributed by atoms with E-state index >= 15 is 0 Å². The molecule has 0 heterocycles. The van der Waals surface area contributed by atoms with Gasteiger partial charge < -0.3 is 4.90 Å². The van der Waals surface area contributed by atoms with E-state index in [1.807, 2.05) is 0 Å². The first kappa shape index (κ1) is 11.8. The maximum absolute atomic E-state index is 3.93. The molecule has 1 aromatic rings. The van der Waals surface area contributed by atoms with E-state index in [2.05, 4.69) is 56.5 Å². The molecule has 1 heteroatoms. The highest BCUT2D eigenvalue weighted by Crippen LogP contribution is 2.16. The van der Waals surface area contributed by atoms with Crippen LogP contribution in [-0.2, 0) is 6.42 Å². The predicted molar refractivity (Wildman–Crippen MR) is 68.5 cm³/mol. The molecule has 0 aromatic heterocycles. The summed E-state index contributed by atoms with van der Waals surface area (Å²) in [6.45, 7) is 12.5. The van der Waals surface area contributed by atoms with Gasteiger partial charge in [-0.25, -0.2) is 0 Å². The molecule has 0 atom stereocenters. The van der Waals surface area contributed by atoms with Crippen LogP contribution in [0.3, 0.4) is 0 Å². The van der Waals surface area contributed by atoms with Crippen molar-refractivity contribution < 1.29 is 0 Å². The Bertz CT molecular complexity index is 307. The number of nitrogens with zero attached hydrogens (tertiary/aromatic N) is 1. The molecule has 0 aliphatic rings. The lowest BCUT2D eigenvalue weighted by Crippen LogP contribution is -2.21. The quantitative estimate of drug-likeness (QED) is 0.660. The van der Waals surface area contributed by atoms with E-state index < -0.39 is 0 Å². The highest BCUT2D eigenvalue weighted by atomic mass is 15.1. The standard InChI is InChI=1S/C14H21N/c1-5-15(6-2)14-9-7-13(8-10-14)11-12(3)4/h7-10H,3,5-6,11H2,1-2,4H3. The highest BCUT2D eigenvalue weighted by Gasteiger charge is 2.00. The van der Waals surface area contributed by atoms with E-state index in [0.717, 1.165) is 19.5 Å². The lowest BCUT2D eigenvalue weighted by Gasteiger charge is -2.21. The summed E-state index contributed by atoms with van der Waals surface area (Å²) in [5.41, 5.74) is 3.87. The molecule has 0 radical (unpaired) electrons. The monoisotopic (exact) mass is 203 g/mol. The number of benzene rings is 1. The van der Waals surface area contributed by atoms with Gasteiger partial charge in [0.05, 0.1) is 0 Å². The summed E-state index contributed by atoms with van der Waals surface area (Å²) in [6.07, 6.45) is 0.985. The minimum Gasteiger partial charge on any atom is -0.372 e. The van der Waals surface area contributed by atoms with Crippen LogP contribution in [0.2, 0.25) is 0 Å². The molecule has 15 heavy (non-hydrogen) atoms. The second-order valence-corrected chi connectivity index (χ2v) is 3.97. The average molecular weight is 203 g/mol. The van der Waals surface area contributed by atoms with Gasteiger partial charge >= 0.3 is 0 Å². The molecule has 0 saturated heterocycles. The van der Waals surface area contributed by atoms with E-state index in [-0.39, 0.29) is 0 Å². The number of hydrogen-bond acceptors (Lipinski definition) is 1. The molecular weight excluding hydrogens is 182 g/mol. The zero-order valence-corrected chi connectivity index (χ0v) is 10.1. The van der Waals surface area contributed by atoms with Crippen LogP contribution in [0.1, 0.15) is 26.3 Å². The van der Waals surface area contributed by atoms with Crippen molar-refractivity contribution >= 4 is 5.69 Å². The molecular formula is C14H21N. The highest BCUT2D eigenvalue weighted by molar-refractivity contribution is 5.47. The van der Waals surface area contributed by atoms with E-state index in [1.165, 1.54) is 16.8 Å². The number of allylic oxidation sites excluding steroid dienone is 1. The minimum atomic E-state index is 0.985. The van der Waals surface area contributed by atoms with Crippen molar-refractivity contribution in [3.8, 4) is 0 Å². The molecule has 1 aromatic carbocycles. The summed E-state index contributed by atoms with van der Waals surface area (Å²) < 4.78 is 0. The summed E-state index contributed by atoms with van der Waals surface area (Å²) in [6, 6.07) is 8.79. The van der Waals surface area contributed by atoms with Gasteiger partial charge in [0, 0.05) is 18.8 Å². The second-order valence-electron chi connectivity index (χ2n) is 3.97. The first-order valence-electron chi connectivity index (χ1n) is 5.65. The third-order valence-electron chi connectivity index (χ3n) is 2.57. The molecule has 0 aliphatic heterocycles. The molecule has 0 spiro atoms. The van der Waals surface area contributed by atoms with Crippen LogP contribution in [0, 0.1) is 0 Å². The van der Waals surface area contributed by atoms with Crippen molar-refractivity contribution in [2.24, 2.45) is 0 Å². The molecule has 0 unspecified atom stereocenters. The largest absolute Gasteiger partial charge is 0.372 e. The van der Waals surface area contributed by atoms with Gasteiger partial charge in [-0.3, -0.25) is 0 Å². The molecule has 1 rings (SSSR count). The fourth-order valence-electron chi connectivity index (χ4n) is 1.76. The van der Waals surface area contributed by atoms with Gasteiger partial charge in [-0.05, 0) is 44.9 Å². The molecule has 82 valence electrons. The maximum atomic E-state index is 3.93. The minimum absolute atomic E-state index is 0.985. The Morgan fingerprint density at radius 2 is 1.67 bits per heavy atom. The second kappa shape index (κ2) is 5.59. The lowest BCUT2D eigenvalue weighted by atomic mass is 10.1. The third kappa shape index (κ3) is 3.43. The van der Waals surface area contributed by atoms with Gasteiger partial charge in [-0.15, -0.1) is 0 Å². The lowest BCUT2D eigenvalue weighted by molar-refractivity contribution is 0.866. The van der Waals surface area contributed by atoms with E-state index in [9.17, 15) is 0 Å². The summed E-state index contributed by atoms with van der Waals surface area (Å²) in [5.74, 6) is 0. The van der Waals surface area contributed by atoms with Gasteiger partial charge in [0.2, 0.25) is 0 Å². The smallest absolute Gasteiger partial charge is 0.0366 e. The van der Waals surface area contributed by atoms with Crippen LogP contribution < -0.4 is 4.90 Å². The predicted octanol–water partition coefficient (Wildman–Crippen LogP) is 3.65. The topological polar surface area (TPSA) is 3.24 Å². The van der Waals surface area contributed by atoms with Crippen LogP contribution >= 0.6 is 0 Å². The first-order valence-corrected chi connectivity index (χ1v) is 5.65. The summed E-state index contributed by atoms with van der Waals surface area (Å²) in [4.78, 5) is 2.35. The van der Waals surface area contributed by atoms with Crippen molar-refractivity contribution in [2.75, 3.05) is 18.0 Å². The normalized spacial score (nSPS) is 10.1. The summed E-state index contributed by atoms with van der Waals surface area (Å²) in [5, 5.41) is 0. The SMILES string of the molecule is C=C(C)Cc1ccc(N(CC)CC)cc1. The number of rotatable bonds is 5. The molecule has 0 amide bonds. The average Bonchev–Trinajstić information content (AvgIpc) is 2.21. The van der Waals surface area contributed by atoms with E-state index in [0.29, 0.717) is 0 Å². The Balaban J connectivity index is 2.75. The van der Waals surface area contributed by atoms with Gasteiger partial charge in [0.25, 0.3) is 0 Å². The summed E-state index contributed by atoms with van der Waals surface area (Å²) in [7, 11) is 0. The van der Waals surface area contributed by atoms with Crippen molar-refractivity contribution in [3.05, 3.63) is 42.0 Å². The molecule has 0 fully saturated rings. The zero-order valence-electron chi connectivity index (χ0n) is 10.1. The zero-order chi connectivity index (χ0) is 11.3. The third-order valence-corrected chi connectivity index (χ3v) is 2.57. The van der Waals surface area contributed by atoms with Crippen molar-refractivity contribution in [1.82, 2.24) is 0 Å². The van der Waals surface area contributed by atoms with Crippen LogP contribution in [-0.4, -0.2) is 13.1 Å². The van der Waals surface area contributed by atoms with Crippen molar-refractivity contribution in [1.29, 1.82) is 0 Å². The Morgan fingerprint density at radius 3 is 2.07 bits per heavy atom. The molecule has 0 N–H and O–H groups in total. The van der Waals surface area contributed by atoms with E-state index in [1.54, 1.807) is 0 Å². The van der Waals surface area contributed by atoms with Gasteiger partial charge in [-0.2, -0.15) is 0 Å². The first-order chi connectivity index (χ1) is 7.17. The molecule has 1 nitrogen and oxygen atoms in total. The van der Waals surface area contributed by atoms with Crippen LogP contribution in [0.25, 0.3) is 0 Å². The van der Waals surface area contributed by atoms with E-state index in [4.69, 9.17) is 0 Å². The van der Waals surface area contributed by atoms with Gasteiger partial charge in [0.15, 0.2) is 0 Å². The van der Waals surface area contributed by atoms with Gasteiger partial charge in [0.1, 0.15) is 0 Å². The van der Waals surface area contributed by atoms with Crippen LogP contribution in [0.5, 0.6) is 0 Å². The number of hydrogen-bond donors (Lipinski definition) is 0. The van der Waals surface area contributed by atoms with Gasteiger partial charge in [-0.1, -0.05) is 24.3 Å². The Kier molecular flexibility index (Phi) is 4.41. The fourth-order valence-corrected chi connectivity index (χ4v) is 1.76. The number of anilines is 1. The van der Waals surface area contributed by atoms with Crippen LogP contribution in [0.4, 0.5) is 5.69 Å². The Hall–Kier alpha value is -1.24.